The molecule has 33 heavy (non-hydrogen) atoms. The number of hydrogen-bond donors (Lipinski definition) is 2. The SMILES string of the molecule is CCN1CCN(c2ccc(NC(=O)COC(=O)CNC(=O)c3cccc(OC)c3)cc2)CC1. The standard InChI is InChI=1S/C24H30N4O5/c1-3-27-11-13-28(14-12-27)20-9-7-19(8-10-20)26-22(29)17-33-23(30)16-25-24(31)18-5-4-6-21(15-18)32-2/h4-10,15H,3,11-14,16-17H2,1-2H3,(H,25,31)(H,26,29). The van der Waals surface area contributed by atoms with E-state index in [1.165, 1.54) is 7.11 Å². The number of likely N-dealkylation sites (N-methyl/N-ethyl adjacent to an activating group) is 1. The monoisotopic (exact) mass is 454 g/mol. The molecule has 0 aromatic heterocycles. The van der Waals surface area contributed by atoms with Crippen LogP contribution in [-0.2, 0) is 14.3 Å². The van der Waals surface area contributed by atoms with E-state index in [1.54, 1.807) is 24.3 Å². The highest BCUT2D eigenvalue weighted by atomic mass is 16.5. The van der Waals surface area contributed by atoms with Gasteiger partial charge in [-0.1, -0.05) is 13.0 Å². The molecule has 3 rings (SSSR count). The molecule has 9 nitrogen and oxygen atoms in total. The second kappa shape index (κ2) is 11.9. The summed E-state index contributed by atoms with van der Waals surface area (Å²) in [4.78, 5) is 40.8. The van der Waals surface area contributed by atoms with Crippen molar-refractivity contribution in [1.29, 1.82) is 0 Å². The summed E-state index contributed by atoms with van der Waals surface area (Å²) < 4.78 is 10.0. The minimum absolute atomic E-state index is 0.344. The van der Waals surface area contributed by atoms with Crippen LogP contribution in [0.4, 0.5) is 11.4 Å². The number of carbonyl (C=O) groups excluding carboxylic acids is 3. The zero-order chi connectivity index (χ0) is 23.6. The minimum Gasteiger partial charge on any atom is -0.497 e. The van der Waals surface area contributed by atoms with Gasteiger partial charge in [0.05, 0.1) is 7.11 Å². The van der Waals surface area contributed by atoms with Crippen molar-refractivity contribution in [3.63, 3.8) is 0 Å². The zero-order valence-corrected chi connectivity index (χ0v) is 19.0. The van der Waals surface area contributed by atoms with Gasteiger partial charge in [-0.2, -0.15) is 0 Å². The largest absolute Gasteiger partial charge is 0.497 e. The van der Waals surface area contributed by atoms with E-state index in [2.05, 4.69) is 27.4 Å². The summed E-state index contributed by atoms with van der Waals surface area (Å²) in [6.07, 6.45) is 0. The molecule has 1 aliphatic heterocycles. The number of ether oxygens (including phenoxy) is 2. The Hall–Kier alpha value is -3.59. The van der Waals surface area contributed by atoms with Crippen LogP contribution in [0.15, 0.2) is 48.5 Å². The molecule has 2 N–H and O–H groups in total. The lowest BCUT2D eigenvalue weighted by molar-refractivity contribution is -0.146. The van der Waals surface area contributed by atoms with Gasteiger partial charge in [0.1, 0.15) is 12.3 Å². The number of amides is 2. The number of nitrogens with one attached hydrogen (secondary N) is 2. The number of nitrogens with zero attached hydrogens (tertiary/aromatic N) is 2. The first-order valence-corrected chi connectivity index (χ1v) is 10.9. The molecule has 2 aromatic rings. The van der Waals surface area contributed by atoms with E-state index in [0.717, 1.165) is 38.4 Å². The van der Waals surface area contributed by atoms with Gasteiger partial charge in [-0.25, -0.2) is 0 Å². The summed E-state index contributed by atoms with van der Waals surface area (Å²) in [6, 6.07) is 14.2. The molecule has 2 aromatic carbocycles. The Bertz CT molecular complexity index is 956. The van der Waals surface area contributed by atoms with E-state index < -0.39 is 24.4 Å². The van der Waals surface area contributed by atoms with E-state index >= 15 is 0 Å². The van der Waals surface area contributed by atoms with Gasteiger partial charge >= 0.3 is 5.97 Å². The summed E-state index contributed by atoms with van der Waals surface area (Å²) in [5.74, 6) is -1.06. The average Bonchev–Trinajstić information content (AvgIpc) is 2.86. The lowest BCUT2D eigenvalue weighted by atomic mass is 10.2. The molecule has 1 saturated heterocycles. The Labute approximate surface area is 193 Å². The van der Waals surface area contributed by atoms with E-state index in [-0.39, 0.29) is 6.54 Å². The number of hydrogen-bond acceptors (Lipinski definition) is 7. The number of methoxy groups -OCH3 is 1. The Morgan fingerprint density at radius 3 is 2.39 bits per heavy atom. The van der Waals surface area contributed by atoms with Crippen LogP contribution >= 0.6 is 0 Å². The molecule has 0 atom stereocenters. The first kappa shape index (κ1) is 24.1. The van der Waals surface area contributed by atoms with Crippen LogP contribution in [0, 0.1) is 0 Å². The van der Waals surface area contributed by atoms with Crippen LogP contribution in [0.25, 0.3) is 0 Å². The zero-order valence-electron chi connectivity index (χ0n) is 19.0. The molecule has 1 heterocycles. The van der Waals surface area contributed by atoms with E-state index in [9.17, 15) is 14.4 Å². The number of piperazine rings is 1. The van der Waals surface area contributed by atoms with Crippen LogP contribution < -0.4 is 20.3 Å². The minimum atomic E-state index is -0.706. The number of esters is 1. The van der Waals surface area contributed by atoms with Crippen molar-refractivity contribution in [2.45, 2.75) is 6.92 Å². The van der Waals surface area contributed by atoms with Gasteiger partial charge in [-0.3, -0.25) is 14.4 Å². The third-order valence-electron chi connectivity index (χ3n) is 5.43. The van der Waals surface area contributed by atoms with Crippen molar-refractivity contribution in [1.82, 2.24) is 10.2 Å². The predicted octanol–water partition coefficient (Wildman–Crippen LogP) is 1.75. The third-order valence-corrected chi connectivity index (χ3v) is 5.43. The molecule has 176 valence electrons. The average molecular weight is 455 g/mol. The van der Waals surface area contributed by atoms with E-state index in [1.807, 2.05) is 24.3 Å². The Morgan fingerprint density at radius 1 is 1.00 bits per heavy atom. The summed E-state index contributed by atoms with van der Waals surface area (Å²) >= 11 is 0. The van der Waals surface area contributed by atoms with Crippen LogP contribution in [0.2, 0.25) is 0 Å². The predicted molar refractivity (Wildman–Crippen MR) is 126 cm³/mol. The summed E-state index contributed by atoms with van der Waals surface area (Å²) in [6.45, 7) is 6.49. The molecule has 9 heteroatoms. The molecule has 0 unspecified atom stereocenters. The number of benzene rings is 2. The van der Waals surface area contributed by atoms with Crippen LogP contribution in [0.3, 0.4) is 0 Å². The van der Waals surface area contributed by atoms with Gasteiger partial charge in [0, 0.05) is 43.1 Å². The van der Waals surface area contributed by atoms with Crippen molar-refractivity contribution < 1.29 is 23.9 Å². The number of carbonyl (C=O) groups is 3. The van der Waals surface area contributed by atoms with Crippen LogP contribution in [0.5, 0.6) is 5.75 Å². The molecular weight excluding hydrogens is 424 g/mol. The maximum Gasteiger partial charge on any atom is 0.325 e. The van der Waals surface area contributed by atoms with Gasteiger partial charge in [0.2, 0.25) is 0 Å². The van der Waals surface area contributed by atoms with Gasteiger partial charge in [0.25, 0.3) is 11.8 Å². The second-order valence-corrected chi connectivity index (χ2v) is 7.59. The summed E-state index contributed by atoms with van der Waals surface area (Å²) in [7, 11) is 1.50. The second-order valence-electron chi connectivity index (χ2n) is 7.59. The smallest absolute Gasteiger partial charge is 0.325 e. The maximum absolute atomic E-state index is 12.1. The molecule has 0 saturated carbocycles. The molecule has 1 fully saturated rings. The molecule has 0 radical (unpaired) electrons. The topological polar surface area (TPSA) is 100 Å². The summed E-state index contributed by atoms with van der Waals surface area (Å²) in [5, 5.41) is 5.16. The first-order chi connectivity index (χ1) is 16.0. The van der Waals surface area contributed by atoms with Gasteiger partial charge < -0.3 is 29.9 Å². The highest BCUT2D eigenvalue weighted by molar-refractivity contribution is 5.97. The summed E-state index contributed by atoms with van der Waals surface area (Å²) in [5.41, 5.74) is 2.09. The maximum atomic E-state index is 12.1. The molecule has 0 aliphatic carbocycles. The fourth-order valence-electron chi connectivity index (χ4n) is 3.49. The fraction of sp³-hybridized carbons (Fsp3) is 0.375. The molecular formula is C24H30N4O5. The Balaban J connectivity index is 1.38. The molecule has 0 spiro atoms. The molecule has 1 aliphatic rings. The Morgan fingerprint density at radius 2 is 1.73 bits per heavy atom. The lowest BCUT2D eigenvalue weighted by Gasteiger charge is -2.35. The fourth-order valence-corrected chi connectivity index (χ4v) is 3.49. The van der Waals surface area contributed by atoms with Crippen molar-refractivity contribution in [2.24, 2.45) is 0 Å². The van der Waals surface area contributed by atoms with E-state index in [4.69, 9.17) is 9.47 Å². The number of anilines is 2. The van der Waals surface area contributed by atoms with E-state index in [0.29, 0.717) is 17.0 Å². The molecule has 2 amide bonds. The van der Waals surface area contributed by atoms with Crippen LogP contribution in [0.1, 0.15) is 17.3 Å². The highest BCUT2D eigenvalue weighted by Gasteiger charge is 2.16. The van der Waals surface area contributed by atoms with Gasteiger partial charge in [-0.15, -0.1) is 0 Å². The van der Waals surface area contributed by atoms with Gasteiger partial charge in [0.15, 0.2) is 6.61 Å². The lowest BCUT2D eigenvalue weighted by Crippen LogP contribution is -2.46. The third kappa shape index (κ3) is 7.21. The molecule has 0 bridgehead atoms. The van der Waals surface area contributed by atoms with Crippen molar-refractivity contribution >= 4 is 29.2 Å². The van der Waals surface area contributed by atoms with Gasteiger partial charge in [-0.05, 0) is 49.0 Å². The number of rotatable bonds is 9. The Kier molecular flexibility index (Phi) is 8.65. The quantitative estimate of drug-likeness (QED) is 0.557. The van der Waals surface area contributed by atoms with Crippen molar-refractivity contribution in [3.05, 3.63) is 54.1 Å². The highest BCUT2D eigenvalue weighted by Crippen LogP contribution is 2.19. The van der Waals surface area contributed by atoms with Crippen LogP contribution in [-0.4, -0.2) is 75.7 Å². The van der Waals surface area contributed by atoms with Crippen molar-refractivity contribution in [3.8, 4) is 5.75 Å². The normalized spacial score (nSPS) is 13.8. The first-order valence-electron chi connectivity index (χ1n) is 10.9. The van der Waals surface area contributed by atoms with Crippen molar-refractivity contribution in [2.75, 3.05) is 63.2 Å².